The van der Waals surface area contributed by atoms with Crippen LogP contribution >= 0.6 is 0 Å². The molecule has 0 radical (unpaired) electrons. The van der Waals surface area contributed by atoms with Gasteiger partial charge in [0.05, 0.1) is 5.52 Å². The molecular weight excluding hydrogens is 260 g/mol. The summed E-state index contributed by atoms with van der Waals surface area (Å²) in [5.41, 5.74) is 3.75. The molecule has 0 saturated carbocycles. The number of benzene rings is 1. The molecule has 2 heterocycles. The highest BCUT2D eigenvalue weighted by molar-refractivity contribution is 5.99. The van der Waals surface area contributed by atoms with E-state index in [4.69, 9.17) is 0 Å². The van der Waals surface area contributed by atoms with E-state index in [0.29, 0.717) is 6.42 Å². The predicted molar refractivity (Wildman–Crippen MR) is 83.4 cm³/mol. The third-order valence-corrected chi connectivity index (χ3v) is 3.51. The fraction of sp³-hybridized carbons (Fsp3) is 0.167. The number of rotatable bonds is 4. The molecule has 0 aliphatic heterocycles. The summed E-state index contributed by atoms with van der Waals surface area (Å²) in [6.07, 6.45) is 4.76. The standard InChI is InChI=1S/C18H16N2O/c1-13-4-6-15-11-16(7-8-17(15)20-13)18(21)9-5-14-3-2-10-19-12-14/h2-4,6-8,10-12H,5,9H2,1H3. The second-order valence-corrected chi connectivity index (χ2v) is 5.14. The highest BCUT2D eigenvalue weighted by Gasteiger charge is 2.07. The van der Waals surface area contributed by atoms with E-state index in [1.807, 2.05) is 49.4 Å². The zero-order valence-corrected chi connectivity index (χ0v) is 11.9. The quantitative estimate of drug-likeness (QED) is 0.681. The maximum absolute atomic E-state index is 12.3. The first-order valence-corrected chi connectivity index (χ1v) is 7.02. The second-order valence-electron chi connectivity index (χ2n) is 5.14. The number of hydrogen-bond donors (Lipinski definition) is 0. The summed E-state index contributed by atoms with van der Waals surface area (Å²) in [7, 11) is 0. The molecular formula is C18H16N2O. The SMILES string of the molecule is Cc1ccc2cc(C(=O)CCc3cccnc3)ccc2n1. The van der Waals surface area contributed by atoms with Crippen molar-refractivity contribution in [3.63, 3.8) is 0 Å². The smallest absolute Gasteiger partial charge is 0.163 e. The van der Waals surface area contributed by atoms with Crippen LogP contribution in [0.3, 0.4) is 0 Å². The number of fused-ring (bicyclic) bond motifs is 1. The number of hydrogen-bond acceptors (Lipinski definition) is 3. The van der Waals surface area contributed by atoms with Crippen LogP contribution in [0.5, 0.6) is 0 Å². The molecule has 1 aromatic carbocycles. The molecule has 0 N–H and O–H groups in total. The van der Waals surface area contributed by atoms with Gasteiger partial charge in [-0.05, 0) is 49.2 Å². The number of carbonyl (C=O) groups excluding carboxylic acids is 1. The van der Waals surface area contributed by atoms with Gasteiger partial charge in [0.1, 0.15) is 0 Å². The van der Waals surface area contributed by atoms with Gasteiger partial charge >= 0.3 is 0 Å². The molecule has 3 aromatic rings. The van der Waals surface area contributed by atoms with E-state index in [0.717, 1.165) is 34.1 Å². The van der Waals surface area contributed by atoms with Gasteiger partial charge < -0.3 is 0 Å². The van der Waals surface area contributed by atoms with Crippen molar-refractivity contribution < 1.29 is 4.79 Å². The van der Waals surface area contributed by atoms with Gasteiger partial charge in [-0.1, -0.05) is 12.1 Å². The van der Waals surface area contributed by atoms with Gasteiger partial charge in [0.2, 0.25) is 0 Å². The van der Waals surface area contributed by atoms with Gasteiger partial charge in [0, 0.05) is 35.5 Å². The van der Waals surface area contributed by atoms with E-state index in [1.165, 1.54) is 0 Å². The van der Waals surface area contributed by atoms with Crippen LogP contribution in [0.2, 0.25) is 0 Å². The van der Waals surface area contributed by atoms with Gasteiger partial charge in [-0.25, -0.2) is 0 Å². The van der Waals surface area contributed by atoms with Crippen LogP contribution in [-0.2, 0) is 6.42 Å². The molecule has 0 fully saturated rings. The summed E-state index contributed by atoms with van der Waals surface area (Å²) in [6.45, 7) is 1.96. The van der Waals surface area contributed by atoms with Gasteiger partial charge in [-0.15, -0.1) is 0 Å². The average molecular weight is 276 g/mol. The van der Waals surface area contributed by atoms with Crippen LogP contribution < -0.4 is 0 Å². The lowest BCUT2D eigenvalue weighted by Crippen LogP contribution is -2.01. The molecule has 21 heavy (non-hydrogen) atoms. The predicted octanol–water partition coefficient (Wildman–Crippen LogP) is 3.75. The highest BCUT2D eigenvalue weighted by Crippen LogP contribution is 2.16. The molecule has 0 unspecified atom stereocenters. The van der Waals surface area contributed by atoms with Crippen molar-refractivity contribution in [3.05, 3.63) is 71.7 Å². The van der Waals surface area contributed by atoms with Crippen LogP contribution in [0.1, 0.15) is 28.0 Å². The van der Waals surface area contributed by atoms with Crippen molar-refractivity contribution in [1.29, 1.82) is 0 Å². The first kappa shape index (κ1) is 13.4. The van der Waals surface area contributed by atoms with E-state index in [-0.39, 0.29) is 5.78 Å². The third-order valence-electron chi connectivity index (χ3n) is 3.51. The van der Waals surface area contributed by atoms with Crippen molar-refractivity contribution in [2.45, 2.75) is 19.8 Å². The zero-order valence-electron chi connectivity index (χ0n) is 11.9. The minimum Gasteiger partial charge on any atom is -0.294 e. The number of carbonyl (C=O) groups is 1. The van der Waals surface area contributed by atoms with Gasteiger partial charge in [0.15, 0.2) is 5.78 Å². The van der Waals surface area contributed by atoms with Gasteiger partial charge in [-0.3, -0.25) is 14.8 Å². The monoisotopic (exact) mass is 276 g/mol. The summed E-state index contributed by atoms with van der Waals surface area (Å²) in [5, 5.41) is 1.01. The van der Waals surface area contributed by atoms with Crippen molar-refractivity contribution in [2.24, 2.45) is 0 Å². The summed E-state index contributed by atoms with van der Waals surface area (Å²) in [4.78, 5) is 20.8. The fourth-order valence-electron chi connectivity index (χ4n) is 2.35. The molecule has 0 saturated heterocycles. The molecule has 0 bridgehead atoms. The molecule has 0 amide bonds. The van der Waals surface area contributed by atoms with E-state index in [1.54, 1.807) is 12.4 Å². The van der Waals surface area contributed by atoms with Crippen LogP contribution in [0.15, 0.2) is 54.9 Å². The number of Topliss-reactive ketones (excluding diaryl/α,β-unsaturated/α-hetero) is 1. The molecule has 0 atom stereocenters. The van der Waals surface area contributed by atoms with Crippen molar-refractivity contribution in [3.8, 4) is 0 Å². The maximum atomic E-state index is 12.3. The minimum absolute atomic E-state index is 0.154. The van der Waals surface area contributed by atoms with Crippen molar-refractivity contribution in [2.75, 3.05) is 0 Å². The Morgan fingerprint density at radius 3 is 2.86 bits per heavy atom. The molecule has 0 aliphatic rings. The molecule has 0 aliphatic carbocycles. The van der Waals surface area contributed by atoms with Crippen LogP contribution in [0.4, 0.5) is 0 Å². The number of pyridine rings is 2. The third kappa shape index (κ3) is 3.14. The lowest BCUT2D eigenvalue weighted by molar-refractivity contribution is 0.0983. The fourth-order valence-corrected chi connectivity index (χ4v) is 2.35. The number of nitrogens with zero attached hydrogens (tertiary/aromatic N) is 2. The largest absolute Gasteiger partial charge is 0.294 e. The lowest BCUT2D eigenvalue weighted by atomic mass is 10.0. The summed E-state index contributed by atoms with van der Waals surface area (Å²) >= 11 is 0. The molecule has 0 spiro atoms. The molecule has 3 heteroatoms. The number of ketones is 1. The Hall–Kier alpha value is -2.55. The Labute approximate surface area is 123 Å². The first-order chi connectivity index (χ1) is 10.2. The van der Waals surface area contributed by atoms with Crippen molar-refractivity contribution in [1.82, 2.24) is 9.97 Å². The van der Waals surface area contributed by atoms with E-state index < -0.39 is 0 Å². The molecule has 3 rings (SSSR count). The Kier molecular flexibility index (Phi) is 3.73. The Morgan fingerprint density at radius 2 is 2.05 bits per heavy atom. The zero-order chi connectivity index (χ0) is 14.7. The maximum Gasteiger partial charge on any atom is 0.163 e. The van der Waals surface area contributed by atoms with E-state index in [9.17, 15) is 4.79 Å². The Bertz CT molecular complexity index is 782. The minimum atomic E-state index is 0.154. The first-order valence-electron chi connectivity index (χ1n) is 7.02. The molecule has 3 nitrogen and oxygen atoms in total. The topological polar surface area (TPSA) is 42.9 Å². The Balaban J connectivity index is 1.77. The van der Waals surface area contributed by atoms with Crippen LogP contribution in [-0.4, -0.2) is 15.8 Å². The summed E-state index contributed by atoms with van der Waals surface area (Å²) in [6, 6.07) is 13.6. The lowest BCUT2D eigenvalue weighted by Gasteiger charge is -2.04. The average Bonchev–Trinajstić information content (AvgIpc) is 2.53. The number of aromatic nitrogens is 2. The van der Waals surface area contributed by atoms with Crippen LogP contribution in [0.25, 0.3) is 10.9 Å². The molecule has 2 aromatic heterocycles. The Morgan fingerprint density at radius 1 is 1.14 bits per heavy atom. The normalized spacial score (nSPS) is 10.7. The van der Waals surface area contributed by atoms with E-state index in [2.05, 4.69) is 9.97 Å². The van der Waals surface area contributed by atoms with E-state index >= 15 is 0 Å². The number of aryl methyl sites for hydroxylation is 2. The van der Waals surface area contributed by atoms with Crippen molar-refractivity contribution >= 4 is 16.7 Å². The molecule has 104 valence electrons. The highest BCUT2D eigenvalue weighted by atomic mass is 16.1. The summed E-state index contributed by atoms with van der Waals surface area (Å²) < 4.78 is 0. The van der Waals surface area contributed by atoms with Crippen LogP contribution in [0, 0.1) is 6.92 Å². The van der Waals surface area contributed by atoms with Gasteiger partial charge in [-0.2, -0.15) is 0 Å². The summed E-state index contributed by atoms with van der Waals surface area (Å²) in [5.74, 6) is 0.154. The second kappa shape index (κ2) is 5.83. The van der Waals surface area contributed by atoms with Gasteiger partial charge in [0.25, 0.3) is 0 Å².